The van der Waals surface area contributed by atoms with Crippen LogP contribution in [0.1, 0.15) is 25.3 Å². The molecule has 3 nitrogen and oxygen atoms in total. The Bertz CT molecular complexity index is 606. The molecule has 0 aliphatic carbocycles. The highest BCUT2D eigenvalue weighted by Gasteiger charge is 2.08. The lowest BCUT2D eigenvalue weighted by molar-refractivity contribution is -0.121. The highest BCUT2D eigenvalue weighted by Crippen LogP contribution is 2.18. The number of terminal acetylenes is 1. The van der Waals surface area contributed by atoms with Crippen molar-refractivity contribution in [3.05, 3.63) is 36.0 Å². The number of carbonyl (C=O) groups excluding carboxylic acids is 1. The van der Waals surface area contributed by atoms with Gasteiger partial charge in [0, 0.05) is 36.0 Å². The third kappa shape index (κ3) is 3.38. The topological polar surface area (TPSA) is 44.9 Å². The summed E-state index contributed by atoms with van der Waals surface area (Å²) in [6.45, 7) is 1.92. The number of rotatable bonds is 5. The van der Waals surface area contributed by atoms with Crippen LogP contribution in [0.5, 0.6) is 0 Å². The summed E-state index contributed by atoms with van der Waals surface area (Å²) < 4.78 is 0. The molecule has 0 spiro atoms. The van der Waals surface area contributed by atoms with Crippen LogP contribution in [0, 0.1) is 12.3 Å². The summed E-state index contributed by atoms with van der Waals surface area (Å²) in [5.74, 6) is 2.60. The van der Waals surface area contributed by atoms with Crippen molar-refractivity contribution in [1.82, 2.24) is 10.3 Å². The van der Waals surface area contributed by atoms with Crippen molar-refractivity contribution in [1.29, 1.82) is 0 Å². The minimum atomic E-state index is 0.0421. The Labute approximate surface area is 113 Å². The maximum atomic E-state index is 11.8. The molecule has 1 amide bonds. The summed E-state index contributed by atoms with van der Waals surface area (Å²) in [5.41, 5.74) is 2.29. The van der Waals surface area contributed by atoms with Crippen molar-refractivity contribution in [3.8, 4) is 12.3 Å². The van der Waals surface area contributed by atoms with Crippen molar-refractivity contribution in [2.24, 2.45) is 0 Å². The number of aromatic amines is 1. The average Bonchev–Trinajstić information content (AvgIpc) is 2.80. The van der Waals surface area contributed by atoms with E-state index in [1.54, 1.807) is 0 Å². The normalized spacial score (nSPS) is 12.0. The summed E-state index contributed by atoms with van der Waals surface area (Å²) in [7, 11) is 0. The summed E-state index contributed by atoms with van der Waals surface area (Å²) in [6, 6.07) is 8.15. The number of benzene rings is 1. The largest absolute Gasteiger partial charge is 0.361 e. The molecule has 0 fully saturated rings. The monoisotopic (exact) mass is 254 g/mol. The minimum Gasteiger partial charge on any atom is -0.361 e. The van der Waals surface area contributed by atoms with Gasteiger partial charge in [-0.15, -0.1) is 12.3 Å². The van der Waals surface area contributed by atoms with Gasteiger partial charge in [-0.2, -0.15) is 0 Å². The molecule has 1 aromatic carbocycles. The van der Waals surface area contributed by atoms with E-state index in [-0.39, 0.29) is 11.9 Å². The third-order valence-electron chi connectivity index (χ3n) is 3.13. The molecule has 1 heterocycles. The van der Waals surface area contributed by atoms with Gasteiger partial charge in [-0.05, 0) is 25.0 Å². The average molecular weight is 254 g/mol. The molecule has 3 heteroatoms. The van der Waals surface area contributed by atoms with Gasteiger partial charge < -0.3 is 10.3 Å². The SMILES string of the molecule is C#CCC(C)NC(=O)CCc1c[nH]c2ccccc12. The molecule has 1 aromatic heterocycles. The second-order valence-electron chi connectivity index (χ2n) is 4.74. The Morgan fingerprint density at radius 1 is 1.47 bits per heavy atom. The Hall–Kier alpha value is -2.21. The zero-order chi connectivity index (χ0) is 13.7. The summed E-state index contributed by atoms with van der Waals surface area (Å²) in [5, 5.41) is 4.09. The number of hydrogen-bond donors (Lipinski definition) is 2. The quantitative estimate of drug-likeness (QED) is 0.792. The Morgan fingerprint density at radius 3 is 3.05 bits per heavy atom. The van der Waals surface area contributed by atoms with E-state index in [2.05, 4.69) is 22.3 Å². The first-order valence-corrected chi connectivity index (χ1v) is 6.48. The van der Waals surface area contributed by atoms with Crippen LogP contribution in [0.15, 0.2) is 30.5 Å². The molecular weight excluding hydrogens is 236 g/mol. The molecule has 0 aliphatic rings. The number of H-pyrrole nitrogens is 1. The molecule has 1 atom stereocenters. The Kier molecular flexibility index (Phi) is 4.25. The molecule has 0 bridgehead atoms. The molecule has 0 aliphatic heterocycles. The minimum absolute atomic E-state index is 0.0421. The van der Waals surface area contributed by atoms with Crippen LogP contribution in [0.25, 0.3) is 10.9 Å². The number of para-hydroxylation sites is 1. The van der Waals surface area contributed by atoms with E-state index in [0.717, 1.165) is 11.9 Å². The molecular formula is C16H18N2O. The van der Waals surface area contributed by atoms with Crippen LogP contribution in [0.2, 0.25) is 0 Å². The lowest BCUT2D eigenvalue weighted by Crippen LogP contribution is -2.32. The van der Waals surface area contributed by atoms with Gasteiger partial charge in [-0.3, -0.25) is 4.79 Å². The lowest BCUT2D eigenvalue weighted by Gasteiger charge is -2.10. The van der Waals surface area contributed by atoms with Gasteiger partial charge in [-0.25, -0.2) is 0 Å². The van der Waals surface area contributed by atoms with Gasteiger partial charge in [0.05, 0.1) is 0 Å². The summed E-state index contributed by atoms with van der Waals surface area (Å²) in [4.78, 5) is 15.0. The molecule has 2 N–H and O–H groups in total. The van der Waals surface area contributed by atoms with E-state index in [1.807, 2.05) is 31.3 Å². The fraction of sp³-hybridized carbons (Fsp3) is 0.312. The van der Waals surface area contributed by atoms with Crippen LogP contribution in [-0.4, -0.2) is 16.9 Å². The molecule has 2 aromatic rings. The first-order chi connectivity index (χ1) is 9.20. The van der Waals surface area contributed by atoms with Crippen LogP contribution >= 0.6 is 0 Å². The first kappa shape index (κ1) is 13.2. The second-order valence-corrected chi connectivity index (χ2v) is 4.74. The standard InChI is InChI=1S/C16H18N2O/c1-3-6-12(2)18-16(19)10-9-13-11-17-15-8-5-4-7-14(13)15/h1,4-5,7-8,11-12,17H,6,9-10H2,2H3,(H,18,19). The van der Waals surface area contributed by atoms with Crippen molar-refractivity contribution < 1.29 is 4.79 Å². The van der Waals surface area contributed by atoms with Gasteiger partial charge in [0.25, 0.3) is 0 Å². The van der Waals surface area contributed by atoms with Crippen molar-refractivity contribution >= 4 is 16.8 Å². The number of amides is 1. The van der Waals surface area contributed by atoms with Gasteiger partial charge >= 0.3 is 0 Å². The van der Waals surface area contributed by atoms with Crippen LogP contribution in [0.3, 0.4) is 0 Å². The van der Waals surface area contributed by atoms with E-state index in [1.165, 1.54) is 10.9 Å². The maximum Gasteiger partial charge on any atom is 0.220 e. The summed E-state index contributed by atoms with van der Waals surface area (Å²) in [6.07, 6.45) is 8.97. The maximum absolute atomic E-state index is 11.8. The molecule has 0 radical (unpaired) electrons. The predicted octanol–water partition coefficient (Wildman–Crippen LogP) is 2.63. The highest BCUT2D eigenvalue weighted by molar-refractivity contribution is 5.84. The number of aryl methyl sites for hydroxylation is 1. The van der Waals surface area contributed by atoms with Gasteiger partial charge in [-0.1, -0.05) is 18.2 Å². The molecule has 98 valence electrons. The third-order valence-corrected chi connectivity index (χ3v) is 3.13. The van der Waals surface area contributed by atoms with Crippen LogP contribution in [0.4, 0.5) is 0 Å². The van der Waals surface area contributed by atoms with E-state index < -0.39 is 0 Å². The second kappa shape index (κ2) is 6.10. The Balaban J connectivity index is 1.92. The predicted molar refractivity (Wildman–Crippen MR) is 77.7 cm³/mol. The van der Waals surface area contributed by atoms with Gasteiger partial charge in [0.1, 0.15) is 0 Å². The molecule has 1 unspecified atom stereocenters. The molecule has 2 rings (SSSR count). The fourth-order valence-electron chi connectivity index (χ4n) is 2.16. The van der Waals surface area contributed by atoms with Crippen molar-refractivity contribution in [3.63, 3.8) is 0 Å². The zero-order valence-corrected chi connectivity index (χ0v) is 11.1. The van der Waals surface area contributed by atoms with E-state index >= 15 is 0 Å². The highest BCUT2D eigenvalue weighted by atomic mass is 16.1. The number of hydrogen-bond acceptors (Lipinski definition) is 1. The zero-order valence-electron chi connectivity index (χ0n) is 11.1. The van der Waals surface area contributed by atoms with E-state index in [0.29, 0.717) is 12.8 Å². The van der Waals surface area contributed by atoms with Crippen LogP contribution < -0.4 is 5.32 Å². The summed E-state index contributed by atoms with van der Waals surface area (Å²) >= 11 is 0. The molecule has 19 heavy (non-hydrogen) atoms. The van der Waals surface area contributed by atoms with Crippen molar-refractivity contribution in [2.45, 2.75) is 32.2 Å². The number of aromatic nitrogens is 1. The molecule has 0 saturated carbocycles. The lowest BCUT2D eigenvalue weighted by atomic mass is 10.1. The smallest absolute Gasteiger partial charge is 0.220 e. The van der Waals surface area contributed by atoms with E-state index in [9.17, 15) is 4.79 Å². The van der Waals surface area contributed by atoms with Crippen LogP contribution in [-0.2, 0) is 11.2 Å². The Morgan fingerprint density at radius 2 is 2.26 bits per heavy atom. The number of fused-ring (bicyclic) bond motifs is 1. The number of carbonyl (C=O) groups is 1. The fourth-order valence-corrected chi connectivity index (χ4v) is 2.16. The number of nitrogens with one attached hydrogen (secondary N) is 2. The van der Waals surface area contributed by atoms with Crippen molar-refractivity contribution in [2.75, 3.05) is 0 Å². The van der Waals surface area contributed by atoms with Gasteiger partial charge in [0.15, 0.2) is 0 Å². The molecule has 0 saturated heterocycles. The van der Waals surface area contributed by atoms with Gasteiger partial charge in [0.2, 0.25) is 5.91 Å². The van der Waals surface area contributed by atoms with E-state index in [4.69, 9.17) is 6.42 Å². The first-order valence-electron chi connectivity index (χ1n) is 6.48.